The van der Waals surface area contributed by atoms with Crippen molar-refractivity contribution in [2.75, 3.05) is 5.32 Å². The van der Waals surface area contributed by atoms with Gasteiger partial charge in [0.2, 0.25) is 0 Å². The molecule has 2 heteroatoms. The minimum atomic E-state index is 0.128. The monoisotopic (exact) mass is 231 g/mol. The van der Waals surface area contributed by atoms with Crippen LogP contribution in [0.1, 0.15) is 49.9 Å². The molecular formula is C15H21NO. The van der Waals surface area contributed by atoms with Crippen LogP contribution in [-0.4, -0.2) is 11.8 Å². The largest absolute Gasteiger partial charge is 0.382 e. The average Bonchev–Trinajstić information content (AvgIpc) is 2.29. The highest BCUT2D eigenvalue weighted by molar-refractivity contribution is 5.94. The molecule has 0 amide bonds. The zero-order valence-electron chi connectivity index (χ0n) is 10.7. The lowest BCUT2D eigenvalue weighted by Crippen LogP contribution is -2.26. The number of carbonyl (C=O) groups excluding carboxylic acids is 1. The number of ketones is 1. The third-order valence-electron chi connectivity index (χ3n) is 3.60. The van der Waals surface area contributed by atoms with Crippen molar-refractivity contribution in [1.29, 1.82) is 0 Å². The molecule has 2 rings (SSSR count). The van der Waals surface area contributed by atoms with Crippen molar-refractivity contribution in [2.45, 2.75) is 45.6 Å². The molecule has 17 heavy (non-hydrogen) atoms. The fourth-order valence-electron chi connectivity index (χ4n) is 2.60. The maximum absolute atomic E-state index is 11.2. The number of nitrogens with one attached hydrogen (secondary N) is 1. The van der Waals surface area contributed by atoms with E-state index in [-0.39, 0.29) is 5.78 Å². The van der Waals surface area contributed by atoms with Crippen LogP contribution in [0.25, 0.3) is 0 Å². The van der Waals surface area contributed by atoms with E-state index >= 15 is 0 Å². The van der Waals surface area contributed by atoms with Gasteiger partial charge in [-0.3, -0.25) is 4.79 Å². The first-order valence-corrected chi connectivity index (χ1v) is 6.52. The van der Waals surface area contributed by atoms with Gasteiger partial charge in [0.15, 0.2) is 5.78 Å². The molecule has 0 spiro atoms. The zero-order chi connectivity index (χ0) is 12.3. The molecule has 0 aliphatic heterocycles. The number of hydrogen-bond donors (Lipinski definition) is 1. The summed E-state index contributed by atoms with van der Waals surface area (Å²) < 4.78 is 0. The molecule has 1 aromatic rings. The predicted molar refractivity (Wildman–Crippen MR) is 71.5 cm³/mol. The maximum atomic E-state index is 11.2. The van der Waals surface area contributed by atoms with Gasteiger partial charge < -0.3 is 5.32 Å². The highest BCUT2D eigenvalue weighted by atomic mass is 16.1. The molecule has 1 saturated carbocycles. The Morgan fingerprint density at radius 3 is 2.53 bits per heavy atom. The minimum absolute atomic E-state index is 0.128. The van der Waals surface area contributed by atoms with Crippen molar-refractivity contribution in [1.82, 2.24) is 0 Å². The van der Waals surface area contributed by atoms with E-state index in [1.807, 2.05) is 24.3 Å². The average molecular weight is 231 g/mol. The second kappa shape index (κ2) is 5.35. The van der Waals surface area contributed by atoms with Crippen LogP contribution in [0.5, 0.6) is 0 Å². The van der Waals surface area contributed by atoms with Crippen LogP contribution in [0.15, 0.2) is 24.3 Å². The Morgan fingerprint density at radius 2 is 1.94 bits per heavy atom. The quantitative estimate of drug-likeness (QED) is 0.800. The Hall–Kier alpha value is -1.31. The van der Waals surface area contributed by atoms with E-state index < -0.39 is 0 Å². The first-order valence-electron chi connectivity index (χ1n) is 6.52. The Balaban J connectivity index is 1.96. The zero-order valence-corrected chi connectivity index (χ0v) is 10.7. The molecule has 0 heterocycles. The van der Waals surface area contributed by atoms with E-state index in [2.05, 4.69) is 12.2 Å². The van der Waals surface area contributed by atoms with E-state index in [0.717, 1.165) is 17.2 Å². The molecule has 0 bridgehead atoms. The molecule has 0 saturated heterocycles. The molecule has 2 nitrogen and oxygen atoms in total. The Kier molecular flexibility index (Phi) is 3.82. The molecule has 1 aromatic carbocycles. The molecular weight excluding hydrogens is 210 g/mol. The summed E-state index contributed by atoms with van der Waals surface area (Å²) in [5, 5.41) is 3.57. The first-order chi connectivity index (χ1) is 8.15. The second-order valence-electron chi connectivity index (χ2n) is 5.25. The Bertz CT molecular complexity index is 382. The lowest BCUT2D eigenvalue weighted by atomic mass is 9.87. The SMILES string of the molecule is CC(=O)c1ccc(NC2CCCC(C)C2)cc1. The summed E-state index contributed by atoms with van der Waals surface area (Å²) in [6.45, 7) is 3.93. The van der Waals surface area contributed by atoms with Gasteiger partial charge in [-0.1, -0.05) is 19.8 Å². The summed E-state index contributed by atoms with van der Waals surface area (Å²) in [5.41, 5.74) is 1.92. The van der Waals surface area contributed by atoms with Crippen molar-refractivity contribution in [3.8, 4) is 0 Å². The van der Waals surface area contributed by atoms with Crippen LogP contribution in [-0.2, 0) is 0 Å². The van der Waals surface area contributed by atoms with Gasteiger partial charge in [0, 0.05) is 17.3 Å². The van der Waals surface area contributed by atoms with Crippen LogP contribution < -0.4 is 5.32 Å². The molecule has 1 fully saturated rings. The molecule has 92 valence electrons. The Morgan fingerprint density at radius 1 is 1.24 bits per heavy atom. The van der Waals surface area contributed by atoms with Gasteiger partial charge in [-0.25, -0.2) is 0 Å². The van der Waals surface area contributed by atoms with Gasteiger partial charge in [-0.15, -0.1) is 0 Å². The van der Waals surface area contributed by atoms with E-state index in [1.165, 1.54) is 25.7 Å². The molecule has 2 atom stereocenters. The summed E-state index contributed by atoms with van der Waals surface area (Å²) in [4.78, 5) is 11.2. The highest BCUT2D eigenvalue weighted by Gasteiger charge is 2.18. The lowest BCUT2D eigenvalue weighted by Gasteiger charge is -2.28. The van der Waals surface area contributed by atoms with Gasteiger partial charge >= 0.3 is 0 Å². The minimum Gasteiger partial charge on any atom is -0.382 e. The molecule has 1 N–H and O–H groups in total. The normalized spacial score (nSPS) is 24.4. The van der Waals surface area contributed by atoms with Crippen LogP contribution in [0.4, 0.5) is 5.69 Å². The van der Waals surface area contributed by atoms with Crippen LogP contribution in [0.3, 0.4) is 0 Å². The summed E-state index contributed by atoms with van der Waals surface area (Å²) in [5.74, 6) is 0.959. The first kappa shape index (κ1) is 12.2. The second-order valence-corrected chi connectivity index (χ2v) is 5.25. The number of rotatable bonds is 3. The number of anilines is 1. The summed E-state index contributed by atoms with van der Waals surface area (Å²) >= 11 is 0. The van der Waals surface area contributed by atoms with Gasteiger partial charge in [0.25, 0.3) is 0 Å². The van der Waals surface area contributed by atoms with Crippen molar-refractivity contribution in [3.63, 3.8) is 0 Å². The molecule has 0 radical (unpaired) electrons. The summed E-state index contributed by atoms with van der Waals surface area (Å²) in [6, 6.07) is 8.42. The van der Waals surface area contributed by atoms with E-state index in [9.17, 15) is 4.79 Å². The molecule has 1 aliphatic rings. The van der Waals surface area contributed by atoms with Gasteiger partial charge in [0.05, 0.1) is 0 Å². The third kappa shape index (κ3) is 3.32. The molecule has 0 aromatic heterocycles. The Labute approximate surface area is 103 Å². The van der Waals surface area contributed by atoms with Crippen LogP contribution in [0.2, 0.25) is 0 Å². The number of carbonyl (C=O) groups is 1. The van der Waals surface area contributed by atoms with Crippen molar-refractivity contribution >= 4 is 11.5 Å². The van der Waals surface area contributed by atoms with Crippen molar-refractivity contribution in [3.05, 3.63) is 29.8 Å². The highest BCUT2D eigenvalue weighted by Crippen LogP contribution is 2.26. The standard InChI is InChI=1S/C15H21NO/c1-11-4-3-5-15(10-11)16-14-8-6-13(7-9-14)12(2)17/h6-9,11,15-16H,3-5,10H2,1-2H3. The van der Waals surface area contributed by atoms with Crippen LogP contribution in [0, 0.1) is 5.92 Å². The van der Waals surface area contributed by atoms with Gasteiger partial charge in [-0.05, 0) is 49.9 Å². The van der Waals surface area contributed by atoms with E-state index in [1.54, 1.807) is 6.92 Å². The molecule has 1 aliphatic carbocycles. The number of Topliss-reactive ketones (excluding diaryl/α,β-unsaturated/α-hetero) is 1. The van der Waals surface area contributed by atoms with Crippen molar-refractivity contribution in [2.24, 2.45) is 5.92 Å². The van der Waals surface area contributed by atoms with Gasteiger partial charge in [0.1, 0.15) is 0 Å². The molecule has 2 unspecified atom stereocenters. The summed E-state index contributed by atoms with van der Waals surface area (Å²) in [7, 11) is 0. The smallest absolute Gasteiger partial charge is 0.159 e. The topological polar surface area (TPSA) is 29.1 Å². The third-order valence-corrected chi connectivity index (χ3v) is 3.60. The fraction of sp³-hybridized carbons (Fsp3) is 0.533. The van der Waals surface area contributed by atoms with Crippen molar-refractivity contribution < 1.29 is 4.79 Å². The fourth-order valence-corrected chi connectivity index (χ4v) is 2.60. The number of hydrogen-bond acceptors (Lipinski definition) is 2. The maximum Gasteiger partial charge on any atom is 0.159 e. The predicted octanol–water partition coefficient (Wildman–Crippen LogP) is 3.88. The lowest BCUT2D eigenvalue weighted by molar-refractivity contribution is 0.101. The summed E-state index contributed by atoms with van der Waals surface area (Å²) in [6.07, 6.45) is 5.21. The van der Waals surface area contributed by atoms with Gasteiger partial charge in [-0.2, -0.15) is 0 Å². The van der Waals surface area contributed by atoms with Crippen LogP contribution >= 0.6 is 0 Å². The van der Waals surface area contributed by atoms with E-state index in [4.69, 9.17) is 0 Å². The van der Waals surface area contributed by atoms with E-state index in [0.29, 0.717) is 6.04 Å². The number of benzene rings is 1.